The van der Waals surface area contributed by atoms with Crippen molar-refractivity contribution in [3.05, 3.63) is 24.2 Å². The standard InChI is InChI=1S/C19H34N4O2/c1-3-20-19(22-11-13-23-12-5-4-8-17(23)2)21-10-7-14-24-16-18-9-6-15-25-18/h6,9,15,17H,3-5,7-8,10-14,16H2,1-2H3,(H2,20,21,22). The Hall–Kier alpha value is -1.53. The van der Waals surface area contributed by atoms with E-state index in [4.69, 9.17) is 9.15 Å². The molecule has 0 aromatic carbocycles. The van der Waals surface area contributed by atoms with Gasteiger partial charge in [-0.1, -0.05) is 6.42 Å². The highest BCUT2D eigenvalue weighted by atomic mass is 16.5. The third-order valence-corrected chi connectivity index (χ3v) is 4.52. The fourth-order valence-electron chi connectivity index (χ4n) is 3.07. The van der Waals surface area contributed by atoms with Gasteiger partial charge >= 0.3 is 0 Å². The molecule has 0 bridgehead atoms. The smallest absolute Gasteiger partial charge is 0.191 e. The van der Waals surface area contributed by atoms with E-state index in [1.807, 2.05) is 12.1 Å². The Morgan fingerprint density at radius 3 is 3.08 bits per heavy atom. The molecule has 1 aromatic heterocycles. The van der Waals surface area contributed by atoms with Crippen molar-refractivity contribution in [2.45, 2.75) is 52.2 Å². The van der Waals surface area contributed by atoms with Crippen molar-refractivity contribution < 1.29 is 9.15 Å². The average molecular weight is 351 g/mol. The summed E-state index contributed by atoms with van der Waals surface area (Å²) in [7, 11) is 0. The van der Waals surface area contributed by atoms with E-state index in [9.17, 15) is 0 Å². The van der Waals surface area contributed by atoms with E-state index in [1.165, 1.54) is 25.8 Å². The minimum atomic E-state index is 0.531. The molecule has 1 atom stereocenters. The van der Waals surface area contributed by atoms with Crippen LogP contribution in [-0.2, 0) is 11.3 Å². The highest BCUT2D eigenvalue weighted by molar-refractivity contribution is 5.79. The summed E-state index contributed by atoms with van der Waals surface area (Å²) < 4.78 is 10.8. The summed E-state index contributed by atoms with van der Waals surface area (Å²) >= 11 is 0. The number of guanidine groups is 1. The van der Waals surface area contributed by atoms with Gasteiger partial charge in [0.2, 0.25) is 0 Å². The van der Waals surface area contributed by atoms with E-state index in [1.54, 1.807) is 6.26 Å². The number of nitrogens with one attached hydrogen (secondary N) is 2. The number of ether oxygens (including phenoxy) is 1. The van der Waals surface area contributed by atoms with Crippen molar-refractivity contribution in [3.63, 3.8) is 0 Å². The van der Waals surface area contributed by atoms with Crippen LogP contribution in [0.15, 0.2) is 27.8 Å². The first-order valence-electron chi connectivity index (χ1n) is 9.66. The Bertz CT molecular complexity index is 476. The molecule has 6 heteroatoms. The normalized spacial score (nSPS) is 19.1. The first kappa shape index (κ1) is 19.8. The number of aliphatic imine (C=N–C) groups is 1. The van der Waals surface area contributed by atoms with E-state index < -0.39 is 0 Å². The first-order valence-corrected chi connectivity index (χ1v) is 9.66. The molecule has 2 N–H and O–H groups in total. The lowest BCUT2D eigenvalue weighted by Gasteiger charge is -2.33. The number of furan rings is 1. The molecule has 1 aromatic rings. The van der Waals surface area contributed by atoms with E-state index in [0.717, 1.165) is 44.3 Å². The molecule has 0 amide bonds. The number of piperidine rings is 1. The van der Waals surface area contributed by atoms with Crippen LogP contribution in [0.5, 0.6) is 0 Å². The summed E-state index contributed by atoms with van der Waals surface area (Å²) in [6.07, 6.45) is 6.60. The topological polar surface area (TPSA) is 62.0 Å². The van der Waals surface area contributed by atoms with E-state index >= 15 is 0 Å². The Labute approximate surface area is 152 Å². The molecule has 25 heavy (non-hydrogen) atoms. The zero-order chi connectivity index (χ0) is 17.7. The zero-order valence-corrected chi connectivity index (χ0v) is 15.8. The van der Waals surface area contributed by atoms with E-state index in [0.29, 0.717) is 19.3 Å². The van der Waals surface area contributed by atoms with Crippen LogP contribution < -0.4 is 10.6 Å². The molecule has 0 spiro atoms. The van der Waals surface area contributed by atoms with Gasteiger partial charge in [-0.2, -0.15) is 0 Å². The molecule has 1 aliphatic rings. The SMILES string of the molecule is CCNC(=NCCCOCc1ccco1)NCCN1CCCCC1C. The van der Waals surface area contributed by atoms with Crippen LogP contribution in [0.25, 0.3) is 0 Å². The van der Waals surface area contributed by atoms with Gasteiger partial charge in [0.05, 0.1) is 6.26 Å². The maximum atomic E-state index is 5.58. The molecule has 1 aliphatic heterocycles. The summed E-state index contributed by atoms with van der Waals surface area (Å²) in [5.41, 5.74) is 0. The Kier molecular flexibility index (Phi) is 9.44. The highest BCUT2D eigenvalue weighted by Gasteiger charge is 2.17. The lowest BCUT2D eigenvalue weighted by Crippen LogP contribution is -2.45. The number of nitrogens with zero attached hydrogens (tertiary/aromatic N) is 2. The molecule has 2 heterocycles. The number of likely N-dealkylation sites (tertiary alicyclic amines) is 1. The quantitative estimate of drug-likeness (QED) is 0.386. The molecule has 6 nitrogen and oxygen atoms in total. The summed E-state index contributed by atoms with van der Waals surface area (Å²) in [6.45, 7) is 10.5. The maximum absolute atomic E-state index is 5.58. The van der Waals surface area contributed by atoms with Crippen molar-refractivity contribution >= 4 is 5.96 Å². The Balaban J connectivity index is 1.58. The summed E-state index contributed by atoms with van der Waals surface area (Å²) in [5.74, 6) is 1.77. The van der Waals surface area contributed by atoms with Crippen LogP contribution in [0.4, 0.5) is 0 Å². The van der Waals surface area contributed by atoms with E-state index in [2.05, 4.69) is 34.4 Å². The summed E-state index contributed by atoms with van der Waals surface area (Å²) in [4.78, 5) is 7.19. The third-order valence-electron chi connectivity index (χ3n) is 4.52. The monoisotopic (exact) mass is 350 g/mol. The second-order valence-electron chi connectivity index (χ2n) is 6.55. The predicted octanol–water partition coefficient (Wildman–Crippen LogP) is 2.62. The molecule has 0 aliphatic carbocycles. The largest absolute Gasteiger partial charge is 0.467 e. The Morgan fingerprint density at radius 1 is 1.40 bits per heavy atom. The van der Waals surface area contributed by atoms with Crippen LogP contribution in [0, 0.1) is 0 Å². The molecule has 0 saturated carbocycles. The molecule has 2 rings (SSSR count). The van der Waals surface area contributed by atoms with Crippen LogP contribution in [0.3, 0.4) is 0 Å². The number of hydrogen-bond donors (Lipinski definition) is 2. The van der Waals surface area contributed by atoms with Crippen LogP contribution in [-0.4, -0.2) is 56.2 Å². The van der Waals surface area contributed by atoms with Gasteiger partial charge in [-0.3, -0.25) is 9.89 Å². The molecular formula is C19H34N4O2. The second kappa shape index (κ2) is 11.9. The van der Waals surface area contributed by atoms with Crippen molar-refractivity contribution in [1.82, 2.24) is 15.5 Å². The molecule has 142 valence electrons. The van der Waals surface area contributed by atoms with Crippen molar-refractivity contribution in [2.75, 3.05) is 39.3 Å². The minimum Gasteiger partial charge on any atom is -0.467 e. The van der Waals surface area contributed by atoms with Crippen LogP contribution in [0.1, 0.15) is 45.3 Å². The molecule has 1 fully saturated rings. The maximum Gasteiger partial charge on any atom is 0.191 e. The van der Waals surface area contributed by atoms with Gasteiger partial charge in [0.25, 0.3) is 0 Å². The third kappa shape index (κ3) is 7.92. The lowest BCUT2D eigenvalue weighted by atomic mass is 10.0. The van der Waals surface area contributed by atoms with Gasteiger partial charge in [-0.15, -0.1) is 0 Å². The van der Waals surface area contributed by atoms with Crippen LogP contribution in [0.2, 0.25) is 0 Å². The number of hydrogen-bond acceptors (Lipinski definition) is 4. The Morgan fingerprint density at radius 2 is 2.32 bits per heavy atom. The molecule has 0 radical (unpaired) electrons. The van der Waals surface area contributed by atoms with Gasteiger partial charge in [0.1, 0.15) is 12.4 Å². The van der Waals surface area contributed by atoms with Gasteiger partial charge in [0, 0.05) is 38.8 Å². The average Bonchev–Trinajstić information content (AvgIpc) is 3.13. The minimum absolute atomic E-state index is 0.531. The van der Waals surface area contributed by atoms with E-state index in [-0.39, 0.29) is 0 Å². The molecular weight excluding hydrogens is 316 g/mol. The van der Waals surface area contributed by atoms with Crippen molar-refractivity contribution in [2.24, 2.45) is 4.99 Å². The number of rotatable bonds is 10. The van der Waals surface area contributed by atoms with Gasteiger partial charge in [0.15, 0.2) is 5.96 Å². The second-order valence-corrected chi connectivity index (χ2v) is 6.55. The van der Waals surface area contributed by atoms with Crippen molar-refractivity contribution in [1.29, 1.82) is 0 Å². The fraction of sp³-hybridized carbons (Fsp3) is 0.737. The molecule has 1 saturated heterocycles. The predicted molar refractivity (Wildman–Crippen MR) is 102 cm³/mol. The lowest BCUT2D eigenvalue weighted by molar-refractivity contribution is 0.105. The summed E-state index contributed by atoms with van der Waals surface area (Å²) in [5, 5.41) is 6.75. The van der Waals surface area contributed by atoms with Gasteiger partial charge in [-0.25, -0.2) is 0 Å². The van der Waals surface area contributed by atoms with Gasteiger partial charge < -0.3 is 19.8 Å². The van der Waals surface area contributed by atoms with Gasteiger partial charge in [-0.05, 0) is 51.8 Å². The molecule has 1 unspecified atom stereocenters. The highest BCUT2D eigenvalue weighted by Crippen LogP contribution is 2.15. The van der Waals surface area contributed by atoms with Crippen LogP contribution >= 0.6 is 0 Å². The van der Waals surface area contributed by atoms with Crippen molar-refractivity contribution in [3.8, 4) is 0 Å². The summed E-state index contributed by atoms with van der Waals surface area (Å²) in [6, 6.07) is 4.51. The fourth-order valence-corrected chi connectivity index (χ4v) is 3.07. The first-order chi connectivity index (χ1) is 12.3. The zero-order valence-electron chi connectivity index (χ0n) is 15.8.